The number of aromatic nitrogens is 1. The van der Waals surface area contributed by atoms with Gasteiger partial charge in [-0.05, 0) is 134 Å². The van der Waals surface area contributed by atoms with Crippen molar-refractivity contribution in [3.8, 4) is 0 Å². The minimum absolute atomic E-state index is 0.0378. The van der Waals surface area contributed by atoms with E-state index in [1.54, 1.807) is 6.92 Å². The van der Waals surface area contributed by atoms with Crippen molar-refractivity contribution in [2.24, 2.45) is 73.5 Å². The number of allylic oxidation sites excluding steroid dienone is 1. The fraction of sp³-hybridized carbons (Fsp3) is 0.781. The number of aromatic amines is 1. The number of ether oxygens (including phenoxy) is 3. The Hall–Kier alpha value is -4.58. The number of carboxylic acid groups (broad SMARTS) is 2. The number of amidine groups is 1. The minimum atomic E-state index is -1.12. The second-order valence-corrected chi connectivity index (χ2v) is 35.1. The van der Waals surface area contributed by atoms with E-state index in [1.807, 2.05) is 54.5 Å². The maximum absolute atomic E-state index is 15.6. The van der Waals surface area contributed by atoms with Crippen LogP contribution in [0.4, 0.5) is 5.82 Å². The van der Waals surface area contributed by atoms with Gasteiger partial charge in [0, 0.05) is 41.5 Å². The van der Waals surface area contributed by atoms with Gasteiger partial charge in [0.15, 0.2) is 0 Å². The third-order valence-electron chi connectivity index (χ3n) is 19.3. The number of hydrogen-bond donors (Lipinski definition) is 5. The van der Waals surface area contributed by atoms with Crippen LogP contribution in [-0.4, -0.2) is 104 Å². The van der Waals surface area contributed by atoms with E-state index in [1.165, 1.54) is 23.5 Å². The molecule has 4 rings (SSSR count). The average Bonchev–Trinajstić information content (AvgIpc) is 1.76. The number of H-pyrrole nitrogens is 1. The molecular formula is C73H120N4O12S2. The van der Waals surface area contributed by atoms with Crippen LogP contribution < -0.4 is 10.6 Å². The third kappa shape index (κ3) is 22.8. The first-order valence-corrected chi connectivity index (χ1v) is 36.3. The number of rotatable bonds is 30. The van der Waals surface area contributed by atoms with Gasteiger partial charge in [-0.25, -0.2) is 14.6 Å². The van der Waals surface area contributed by atoms with Crippen LogP contribution in [-0.2, 0) is 43.0 Å². The summed E-state index contributed by atoms with van der Waals surface area (Å²) in [5, 5.41) is 23.0. The first-order chi connectivity index (χ1) is 42.0. The van der Waals surface area contributed by atoms with Crippen LogP contribution in [0.15, 0.2) is 21.8 Å². The Bertz CT molecular complexity index is 2720. The Morgan fingerprint density at radius 2 is 1.11 bits per heavy atom. The molecule has 0 radical (unpaired) electrons. The lowest BCUT2D eigenvalue weighted by Gasteiger charge is -2.50. The summed E-state index contributed by atoms with van der Waals surface area (Å²) in [4.78, 5) is 104. The molecule has 2 heterocycles. The number of aliphatic imine (C=N–C) groups is 1. The lowest BCUT2D eigenvalue weighted by molar-refractivity contribution is -0.164. The van der Waals surface area contributed by atoms with Gasteiger partial charge in [0.05, 0.1) is 22.8 Å². The average molecular weight is 1310 g/mol. The van der Waals surface area contributed by atoms with Crippen molar-refractivity contribution in [3.63, 3.8) is 0 Å². The van der Waals surface area contributed by atoms with E-state index in [0.717, 1.165) is 70.6 Å². The molecule has 0 spiro atoms. The van der Waals surface area contributed by atoms with Gasteiger partial charge < -0.3 is 40.0 Å². The van der Waals surface area contributed by atoms with E-state index in [0.29, 0.717) is 58.7 Å². The Morgan fingerprint density at radius 1 is 0.637 bits per heavy atom. The van der Waals surface area contributed by atoms with Crippen molar-refractivity contribution >= 4 is 82.9 Å². The van der Waals surface area contributed by atoms with E-state index in [9.17, 15) is 29.1 Å². The smallest absolute Gasteiger partial charge is 0.342 e. The number of nitrogens with zero attached hydrogens (tertiary/aromatic N) is 1. The highest BCUT2D eigenvalue weighted by molar-refractivity contribution is 8.00. The summed E-state index contributed by atoms with van der Waals surface area (Å²) >= 11 is 2.51. The van der Waals surface area contributed by atoms with E-state index in [-0.39, 0.29) is 105 Å². The number of esters is 3. The van der Waals surface area contributed by atoms with Crippen molar-refractivity contribution in [2.75, 3.05) is 23.4 Å². The normalized spacial score (nSPS) is 23.0. The molecule has 2 aliphatic carbocycles. The molecule has 18 heteroatoms. The maximum atomic E-state index is 15.6. The van der Waals surface area contributed by atoms with Gasteiger partial charge in [0.1, 0.15) is 46.9 Å². The molecule has 2 fully saturated rings. The number of unbranched alkanes of at least 4 members (excludes halogenated alkanes) is 7. The molecule has 5 N–H and O–H groups in total. The zero-order valence-electron chi connectivity index (χ0n) is 60.0. The van der Waals surface area contributed by atoms with Gasteiger partial charge in [-0.15, -0.1) is 23.5 Å². The van der Waals surface area contributed by atoms with Crippen molar-refractivity contribution in [2.45, 2.75) is 277 Å². The summed E-state index contributed by atoms with van der Waals surface area (Å²) in [5.41, 5.74) is 1.07. The third-order valence-corrected chi connectivity index (χ3v) is 21.7. The molecule has 91 heavy (non-hydrogen) atoms. The molecule has 6 unspecified atom stereocenters. The van der Waals surface area contributed by atoms with Gasteiger partial charge >= 0.3 is 29.8 Å². The number of amides is 2. The quantitative estimate of drug-likeness (QED) is 0.0274. The van der Waals surface area contributed by atoms with E-state index in [4.69, 9.17) is 24.3 Å². The van der Waals surface area contributed by atoms with Gasteiger partial charge in [0.2, 0.25) is 11.8 Å². The monoisotopic (exact) mass is 1310 g/mol. The Labute approximate surface area is 556 Å². The number of carbonyl (C=O) groups excluding carboxylic acids is 5. The Morgan fingerprint density at radius 3 is 1.55 bits per heavy atom. The van der Waals surface area contributed by atoms with Crippen LogP contribution in [0.1, 0.15) is 276 Å². The Balaban J connectivity index is 1.82. The van der Waals surface area contributed by atoms with Crippen molar-refractivity contribution in [1.82, 2.24) is 10.3 Å². The first-order valence-electron chi connectivity index (χ1n) is 34.2. The minimum Gasteiger partial charge on any atom is -0.481 e. The number of thioether (sulfide) groups is 2. The number of carboxylic acids is 2. The highest BCUT2D eigenvalue weighted by atomic mass is 32.2. The summed E-state index contributed by atoms with van der Waals surface area (Å²) in [6.45, 7) is 46.6. The van der Waals surface area contributed by atoms with Crippen molar-refractivity contribution < 1.29 is 58.0 Å². The molecule has 516 valence electrons. The molecule has 3 aliphatic rings. The molecule has 2 amide bonds. The largest absolute Gasteiger partial charge is 0.481 e. The molecule has 2 saturated carbocycles. The fourth-order valence-electron chi connectivity index (χ4n) is 13.5. The van der Waals surface area contributed by atoms with Crippen LogP contribution in [0.3, 0.4) is 0 Å². The maximum Gasteiger partial charge on any atom is 0.342 e. The zero-order valence-corrected chi connectivity index (χ0v) is 61.6. The molecule has 0 bridgehead atoms. The lowest BCUT2D eigenvalue weighted by Crippen LogP contribution is -2.50. The molecule has 1 aromatic heterocycles. The number of carbonyl (C=O) groups is 7. The number of hydrogen-bond acceptors (Lipinski definition) is 13. The van der Waals surface area contributed by atoms with E-state index in [2.05, 4.69) is 113 Å². The molecule has 6 atom stereocenters. The molecule has 0 aromatic carbocycles. The highest BCUT2D eigenvalue weighted by Crippen LogP contribution is 2.52. The van der Waals surface area contributed by atoms with Gasteiger partial charge in [-0.3, -0.25) is 24.0 Å². The van der Waals surface area contributed by atoms with Crippen molar-refractivity contribution in [1.29, 1.82) is 0 Å². The summed E-state index contributed by atoms with van der Waals surface area (Å²) in [7, 11) is 0. The SMILES string of the molecule is CCC(C)(C)C(=O)OCCSC(C)C(=O)NC1=NC(=Cc2[nH]c(NC(=O)CCCCCCCCCCSC(CC(=O)O)C(=O)O)c(C(=O)OC3C(C(C)(C)C)CC(C)CC3C(C)(C)C)c2C(C)C)C(C(C)C)=C1C(=O)OC1C(C(C)(C)C)CC(C)CC1C(C)(C)C. The summed E-state index contributed by atoms with van der Waals surface area (Å²) in [5.74, 6) is -2.63. The number of nitrogens with one attached hydrogen (secondary N) is 3. The van der Waals surface area contributed by atoms with Crippen LogP contribution in [0.5, 0.6) is 0 Å². The predicted molar refractivity (Wildman–Crippen MR) is 371 cm³/mol. The van der Waals surface area contributed by atoms with E-state index < -0.39 is 64.3 Å². The van der Waals surface area contributed by atoms with Gasteiger partial charge in [-0.2, -0.15) is 0 Å². The number of anilines is 1. The van der Waals surface area contributed by atoms with Gasteiger partial charge in [-0.1, -0.05) is 170 Å². The fourth-order valence-corrected chi connectivity index (χ4v) is 15.3. The molecular weight excluding hydrogens is 1190 g/mol. The second-order valence-electron chi connectivity index (χ2n) is 32.4. The molecule has 1 aliphatic heterocycles. The summed E-state index contributed by atoms with van der Waals surface area (Å²) < 4.78 is 19.5. The lowest BCUT2D eigenvalue weighted by atomic mass is 9.59. The standard InChI is InChI=1S/C73H120N4O12S2/c1-23-73(21,22)68(86)87-33-35-90-46(8)64(81)77-63-59(67(85)89-61-49(71(15,16)17)38-45(7)39-50(61)72(18,19)20)57(43(4)5)52(75-63)40-51-56(42(2)3)58(66(84)88-60-47(69(9,10)11)36-44(6)37-48(60)70(12,13)14)62(74-51)76-54(78)32-30-28-26-24-25-27-29-31-34-91-53(65(82)83)41-55(79)80/h40,42-50,53,60-61,74H,23-39,41H2,1-22H3,(H,76,78)(H,79,80)(H,82,83)(H,75,77,81). The summed E-state index contributed by atoms with van der Waals surface area (Å²) in [6.07, 6.45) is 12.0. The van der Waals surface area contributed by atoms with Crippen molar-refractivity contribution in [3.05, 3.63) is 33.7 Å². The topological polar surface area (TPSA) is 240 Å². The van der Waals surface area contributed by atoms with Crippen LogP contribution in [0, 0.1) is 68.5 Å². The molecule has 16 nitrogen and oxygen atoms in total. The number of aliphatic carboxylic acids is 2. The van der Waals surface area contributed by atoms with E-state index >= 15 is 9.59 Å². The van der Waals surface area contributed by atoms with Crippen LogP contribution in [0.2, 0.25) is 0 Å². The van der Waals surface area contributed by atoms with Gasteiger partial charge in [0.25, 0.3) is 0 Å². The molecule has 1 aromatic rings. The highest BCUT2D eigenvalue weighted by Gasteiger charge is 2.51. The van der Waals surface area contributed by atoms with Crippen LogP contribution >= 0.6 is 23.5 Å². The predicted octanol–water partition coefficient (Wildman–Crippen LogP) is 17.1. The Kier molecular flexibility index (Phi) is 29.2. The summed E-state index contributed by atoms with van der Waals surface area (Å²) in [6, 6.07) is 0. The molecule has 0 saturated heterocycles. The zero-order chi connectivity index (χ0) is 68.9. The van der Waals surface area contributed by atoms with Crippen LogP contribution in [0.25, 0.3) is 6.08 Å². The first kappa shape index (κ1) is 78.9. The second kappa shape index (κ2) is 33.7.